The Morgan fingerprint density at radius 2 is 2.28 bits per heavy atom. The van der Waals surface area contributed by atoms with Crippen LogP contribution in [0.3, 0.4) is 0 Å². The van der Waals surface area contributed by atoms with Gasteiger partial charge in [0.1, 0.15) is 5.52 Å². The fourth-order valence-electron chi connectivity index (χ4n) is 3.15. The molecule has 1 aromatic carbocycles. The van der Waals surface area contributed by atoms with Crippen molar-refractivity contribution in [3.05, 3.63) is 23.2 Å². The molecule has 1 aliphatic heterocycles. The van der Waals surface area contributed by atoms with Crippen LogP contribution in [0.5, 0.6) is 0 Å². The van der Waals surface area contributed by atoms with Crippen LogP contribution in [0.15, 0.2) is 22.6 Å². The van der Waals surface area contributed by atoms with Crippen molar-refractivity contribution < 1.29 is 14.0 Å². The van der Waals surface area contributed by atoms with E-state index in [9.17, 15) is 9.59 Å². The highest BCUT2D eigenvalue weighted by molar-refractivity contribution is 6.31. The van der Waals surface area contributed by atoms with E-state index in [2.05, 4.69) is 9.88 Å². The number of hydrogen-bond acceptors (Lipinski definition) is 5. The van der Waals surface area contributed by atoms with E-state index in [4.69, 9.17) is 21.8 Å². The summed E-state index contributed by atoms with van der Waals surface area (Å²) in [6, 6.07) is 5.91. The van der Waals surface area contributed by atoms with E-state index in [0.29, 0.717) is 29.6 Å². The highest BCUT2D eigenvalue weighted by Gasteiger charge is 2.26. The number of likely N-dealkylation sites (N-methyl/N-ethyl adjacent to an activating group) is 1. The Kier molecular flexibility index (Phi) is 5.13. The lowest BCUT2D eigenvalue weighted by molar-refractivity contribution is -0.134. The monoisotopic (exact) mass is 364 g/mol. The molecule has 25 heavy (non-hydrogen) atoms. The van der Waals surface area contributed by atoms with Crippen molar-refractivity contribution in [2.75, 3.05) is 31.6 Å². The summed E-state index contributed by atoms with van der Waals surface area (Å²) in [5, 5.41) is 0.606. The van der Waals surface area contributed by atoms with Crippen molar-refractivity contribution in [2.45, 2.75) is 19.3 Å². The molecular formula is C17H21ClN4O3. The van der Waals surface area contributed by atoms with Gasteiger partial charge in [0.2, 0.25) is 11.8 Å². The molecule has 0 bridgehead atoms. The molecule has 1 atom stereocenters. The van der Waals surface area contributed by atoms with Crippen LogP contribution >= 0.6 is 11.6 Å². The number of fused-ring (bicyclic) bond motifs is 1. The second-order valence-electron chi connectivity index (χ2n) is 6.48. The molecule has 0 saturated carbocycles. The fraction of sp³-hybridized carbons (Fsp3) is 0.471. The Morgan fingerprint density at radius 3 is 3.04 bits per heavy atom. The van der Waals surface area contributed by atoms with Gasteiger partial charge in [0.15, 0.2) is 5.58 Å². The van der Waals surface area contributed by atoms with Crippen LogP contribution in [0.4, 0.5) is 6.01 Å². The third-order valence-electron chi connectivity index (χ3n) is 4.41. The van der Waals surface area contributed by atoms with Crippen LogP contribution in [-0.2, 0) is 9.59 Å². The van der Waals surface area contributed by atoms with E-state index >= 15 is 0 Å². The Hall–Kier alpha value is -2.28. The van der Waals surface area contributed by atoms with Crippen LogP contribution in [0, 0.1) is 5.92 Å². The molecule has 2 N–H and O–H groups in total. The quantitative estimate of drug-likeness (QED) is 0.876. The highest BCUT2D eigenvalue weighted by Crippen LogP contribution is 2.29. The van der Waals surface area contributed by atoms with E-state index in [1.165, 1.54) is 4.90 Å². The van der Waals surface area contributed by atoms with Crippen LogP contribution < -0.4 is 10.6 Å². The Labute approximate surface area is 150 Å². The number of hydrogen-bond donors (Lipinski definition) is 1. The molecule has 1 unspecified atom stereocenters. The summed E-state index contributed by atoms with van der Waals surface area (Å²) in [7, 11) is 1.60. The van der Waals surface area contributed by atoms with Crippen molar-refractivity contribution in [3.8, 4) is 0 Å². The summed E-state index contributed by atoms with van der Waals surface area (Å²) in [5.74, 6) is -0.392. The van der Waals surface area contributed by atoms with Crippen LogP contribution in [0.2, 0.25) is 5.02 Å². The van der Waals surface area contributed by atoms with Crippen molar-refractivity contribution in [2.24, 2.45) is 11.7 Å². The first kappa shape index (κ1) is 17.5. The molecule has 1 saturated heterocycles. The molecule has 1 aliphatic rings. The van der Waals surface area contributed by atoms with Gasteiger partial charge in [-0.1, -0.05) is 11.6 Å². The van der Waals surface area contributed by atoms with Gasteiger partial charge in [0.05, 0.1) is 6.54 Å². The van der Waals surface area contributed by atoms with Crippen molar-refractivity contribution in [1.82, 2.24) is 9.88 Å². The predicted molar refractivity (Wildman–Crippen MR) is 95.4 cm³/mol. The first-order valence-corrected chi connectivity index (χ1v) is 8.63. The number of nitrogens with two attached hydrogens (primary N) is 1. The summed E-state index contributed by atoms with van der Waals surface area (Å²) in [6.07, 6.45) is 2.29. The molecule has 1 fully saturated rings. The lowest BCUT2D eigenvalue weighted by Gasteiger charge is -2.32. The largest absolute Gasteiger partial charge is 0.423 e. The zero-order valence-electron chi connectivity index (χ0n) is 14.1. The molecule has 2 aromatic rings. The van der Waals surface area contributed by atoms with Gasteiger partial charge in [0.25, 0.3) is 6.01 Å². The lowest BCUT2D eigenvalue weighted by Crippen LogP contribution is -2.40. The Balaban J connectivity index is 1.65. The number of rotatable bonds is 5. The molecule has 2 heterocycles. The molecule has 134 valence electrons. The number of primary amides is 1. The predicted octanol–water partition coefficient (Wildman–Crippen LogP) is 2.03. The topological polar surface area (TPSA) is 92.7 Å². The number of anilines is 1. The van der Waals surface area contributed by atoms with E-state index in [-0.39, 0.29) is 18.4 Å². The number of carbonyl (C=O) groups excluding carboxylic acids is 2. The summed E-state index contributed by atoms with van der Waals surface area (Å²) < 4.78 is 5.82. The van der Waals surface area contributed by atoms with Gasteiger partial charge in [-0.15, -0.1) is 0 Å². The molecule has 3 rings (SSSR count). The van der Waals surface area contributed by atoms with Crippen LogP contribution in [0.25, 0.3) is 11.1 Å². The minimum atomic E-state index is -0.508. The average molecular weight is 365 g/mol. The molecule has 0 aliphatic carbocycles. The molecular weight excluding hydrogens is 344 g/mol. The Morgan fingerprint density at radius 1 is 1.48 bits per heavy atom. The first-order chi connectivity index (χ1) is 11.9. The van der Waals surface area contributed by atoms with E-state index in [0.717, 1.165) is 24.9 Å². The second-order valence-corrected chi connectivity index (χ2v) is 6.92. The normalized spacial score (nSPS) is 17.7. The minimum absolute atomic E-state index is 0.0544. The third kappa shape index (κ3) is 4.22. The molecule has 0 radical (unpaired) electrons. The maximum atomic E-state index is 12.2. The highest BCUT2D eigenvalue weighted by atomic mass is 35.5. The smallest absolute Gasteiger partial charge is 0.298 e. The van der Waals surface area contributed by atoms with Gasteiger partial charge >= 0.3 is 0 Å². The first-order valence-electron chi connectivity index (χ1n) is 8.25. The third-order valence-corrected chi connectivity index (χ3v) is 4.65. The Bertz CT molecular complexity index is 791. The molecule has 7 nitrogen and oxygen atoms in total. The van der Waals surface area contributed by atoms with Gasteiger partial charge in [-0.05, 0) is 30.9 Å². The number of carbonyl (C=O) groups is 2. The summed E-state index contributed by atoms with van der Waals surface area (Å²) >= 11 is 5.98. The minimum Gasteiger partial charge on any atom is -0.423 e. The van der Waals surface area contributed by atoms with Crippen molar-refractivity contribution >= 4 is 40.5 Å². The SMILES string of the molecule is CN(CC(N)=O)C(=O)CC1CCCN(c2nc3ccc(Cl)cc3o2)C1. The lowest BCUT2D eigenvalue weighted by atomic mass is 9.94. The molecule has 0 spiro atoms. The summed E-state index contributed by atoms with van der Waals surface area (Å²) in [5.41, 5.74) is 6.56. The summed E-state index contributed by atoms with van der Waals surface area (Å²) in [6.45, 7) is 1.47. The van der Waals surface area contributed by atoms with Gasteiger partial charge in [0, 0.05) is 37.6 Å². The van der Waals surface area contributed by atoms with Crippen molar-refractivity contribution in [1.29, 1.82) is 0 Å². The molecule has 1 aromatic heterocycles. The maximum Gasteiger partial charge on any atom is 0.298 e. The number of halogens is 1. The fourth-order valence-corrected chi connectivity index (χ4v) is 3.31. The number of nitrogens with zero attached hydrogens (tertiary/aromatic N) is 3. The second kappa shape index (κ2) is 7.31. The number of piperidine rings is 1. The molecule has 2 amide bonds. The summed E-state index contributed by atoms with van der Waals surface area (Å²) in [4.78, 5) is 31.1. The average Bonchev–Trinajstić information content (AvgIpc) is 2.97. The zero-order chi connectivity index (χ0) is 18.0. The molecule has 8 heteroatoms. The van der Waals surface area contributed by atoms with Crippen molar-refractivity contribution in [3.63, 3.8) is 0 Å². The van der Waals surface area contributed by atoms with Gasteiger partial charge in [-0.2, -0.15) is 4.98 Å². The van der Waals surface area contributed by atoms with Gasteiger partial charge in [-0.25, -0.2) is 0 Å². The maximum absolute atomic E-state index is 12.2. The standard InChI is InChI=1S/C17H21ClN4O3/c1-21(10-15(19)23)16(24)7-11-3-2-6-22(9-11)17-20-13-5-4-12(18)8-14(13)25-17/h4-5,8,11H,2-3,6-7,9-10H2,1H3,(H2,19,23). The van der Waals surface area contributed by atoms with Crippen LogP contribution in [-0.4, -0.2) is 48.4 Å². The van der Waals surface area contributed by atoms with Gasteiger partial charge in [-0.3, -0.25) is 9.59 Å². The van der Waals surface area contributed by atoms with E-state index in [1.54, 1.807) is 19.2 Å². The zero-order valence-corrected chi connectivity index (χ0v) is 14.8. The van der Waals surface area contributed by atoms with Crippen LogP contribution in [0.1, 0.15) is 19.3 Å². The van der Waals surface area contributed by atoms with E-state index in [1.807, 2.05) is 6.07 Å². The number of aromatic nitrogens is 1. The number of benzene rings is 1. The van der Waals surface area contributed by atoms with E-state index < -0.39 is 5.91 Å². The number of oxazole rings is 1. The van der Waals surface area contributed by atoms with Gasteiger partial charge < -0.3 is 20.0 Å². The number of amides is 2.